The number of nitrogens with one attached hydrogen (secondary N) is 1. The van der Waals surface area contributed by atoms with Gasteiger partial charge in [0.25, 0.3) is 0 Å². The van der Waals surface area contributed by atoms with E-state index < -0.39 is 6.04 Å². The zero-order chi connectivity index (χ0) is 19.6. The van der Waals surface area contributed by atoms with E-state index in [1.165, 1.54) is 0 Å². The van der Waals surface area contributed by atoms with Crippen molar-refractivity contribution >= 4 is 11.8 Å². The largest absolute Gasteiger partial charge is 0.354 e. The second kappa shape index (κ2) is 10.5. The summed E-state index contributed by atoms with van der Waals surface area (Å²) >= 11 is 0. The van der Waals surface area contributed by atoms with Crippen molar-refractivity contribution in [2.45, 2.75) is 46.1 Å². The number of rotatable bonds is 9. The summed E-state index contributed by atoms with van der Waals surface area (Å²) in [5, 5.41) is 2.91. The van der Waals surface area contributed by atoms with E-state index in [0.29, 0.717) is 19.5 Å². The first-order chi connectivity index (χ1) is 13.0. The lowest BCUT2D eigenvalue weighted by Crippen LogP contribution is -2.49. The Morgan fingerprint density at radius 2 is 1.70 bits per heavy atom. The topological polar surface area (TPSA) is 49.4 Å². The third-order valence-corrected chi connectivity index (χ3v) is 4.80. The van der Waals surface area contributed by atoms with Gasteiger partial charge in [-0.05, 0) is 43.4 Å². The molecule has 0 aromatic heterocycles. The molecule has 2 rings (SSSR count). The van der Waals surface area contributed by atoms with Crippen molar-refractivity contribution < 1.29 is 9.59 Å². The van der Waals surface area contributed by atoms with Gasteiger partial charge in [0.05, 0.1) is 6.42 Å². The lowest BCUT2D eigenvalue weighted by Gasteiger charge is -2.29. The number of amides is 2. The molecule has 0 spiro atoms. The van der Waals surface area contributed by atoms with Crippen LogP contribution in [-0.2, 0) is 22.4 Å². The van der Waals surface area contributed by atoms with Crippen molar-refractivity contribution in [3.05, 3.63) is 71.3 Å². The van der Waals surface area contributed by atoms with Gasteiger partial charge in [-0.25, -0.2) is 0 Å². The van der Waals surface area contributed by atoms with Crippen LogP contribution in [0.25, 0.3) is 0 Å². The molecular weight excluding hydrogens is 336 g/mol. The number of aryl methyl sites for hydroxylation is 1. The highest BCUT2D eigenvalue weighted by Gasteiger charge is 2.25. The van der Waals surface area contributed by atoms with Crippen LogP contribution in [0.15, 0.2) is 54.6 Å². The number of hydrogen-bond donors (Lipinski definition) is 1. The van der Waals surface area contributed by atoms with Crippen molar-refractivity contribution in [1.29, 1.82) is 0 Å². The van der Waals surface area contributed by atoms with Crippen LogP contribution >= 0.6 is 0 Å². The van der Waals surface area contributed by atoms with Crippen LogP contribution < -0.4 is 5.32 Å². The van der Waals surface area contributed by atoms with Crippen molar-refractivity contribution in [1.82, 2.24) is 10.2 Å². The highest BCUT2D eigenvalue weighted by atomic mass is 16.2. The summed E-state index contributed by atoms with van der Waals surface area (Å²) < 4.78 is 0. The molecule has 4 heteroatoms. The molecule has 0 aliphatic rings. The molecule has 0 fully saturated rings. The van der Waals surface area contributed by atoms with Gasteiger partial charge in [0.1, 0.15) is 6.04 Å². The van der Waals surface area contributed by atoms with Crippen LogP contribution in [0.5, 0.6) is 0 Å². The van der Waals surface area contributed by atoms with Crippen molar-refractivity contribution in [2.24, 2.45) is 0 Å². The highest BCUT2D eigenvalue weighted by Crippen LogP contribution is 2.12. The summed E-state index contributed by atoms with van der Waals surface area (Å²) in [6.07, 6.45) is 1.91. The molecule has 0 saturated carbocycles. The van der Waals surface area contributed by atoms with Gasteiger partial charge < -0.3 is 10.2 Å². The molecule has 0 aliphatic carbocycles. The minimum Gasteiger partial charge on any atom is -0.354 e. The van der Waals surface area contributed by atoms with E-state index in [1.807, 2.05) is 75.4 Å². The Morgan fingerprint density at radius 3 is 2.37 bits per heavy atom. The Morgan fingerprint density at radius 1 is 1.04 bits per heavy atom. The van der Waals surface area contributed by atoms with Gasteiger partial charge in [0.2, 0.25) is 11.8 Å². The van der Waals surface area contributed by atoms with E-state index in [4.69, 9.17) is 0 Å². The van der Waals surface area contributed by atoms with Crippen LogP contribution in [0.1, 0.15) is 37.0 Å². The van der Waals surface area contributed by atoms with Crippen molar-refractivity contribution in [3.63, 3.8) is 0 Å². The summed E-state index contributed by atoms with van der Waals surface area (Å²) in [5.41, 5.74) is 3.26. The minimum absolute atomic E-state index is 0.0145. The van der Waals surface area contributed by atoms with Crippen LogP contribution in [0, 0.1) is 6.92 Å². The third kappa shape index (κ3) is 6.24. The van der Waals surface area contributed by atoms with Gasteiger partial charge in [-0.3, -0.25) is 9.59 Å². The maximum Gasteiger partial charge on any atom is 0.242 e. The van der Waals surface area contributed by atoms with Crippen LogP contribution in [0.4, 0.5) is 0 Å². The van der Waals surface area contributed by atoms with E-state index >= 15 is 0 Å². The van der Waals surface area contributed by atoms with E-state index in [9.17, 15) is 9.59 Å². The molecule has 0 radical (unpaired) electrons. The molecular formula is C23H30N2O2. The molecule has 144 valence electrons. The Hall–Kier alpha value is -2.62. The smallest absolute Gasteiger partial charge is 0.242 e. The number of benzene rings is 2. The standard InChI is InChI=1S/C23H30N2O2/c1-4-15-24-23(27)19(3)25(16-14-20-11-6-5-7-12-20)22(26)17-21-13-9-8-10-18(21)2/h5-13,19H,4,14-17H2,1-3H3,(H,24,27)/t19-/m1/s1. The average molecular weight is 367 g/mol. The average Bonchev–Trinajstić information content (AvgIpc) is 2.68. The summed E-state index contributed by atoms with van der Waals surface area (Å²) in [6.45, 7) is 6.98. The monoisotopic (exact) mass is 366 g/mol. The molecule has 0 heterocycles. The molecule has 1 N–H and O–H groups in total. The molecule has 2 aromatic carbocycles. The first kappa shape index (κ1) is 20.7. The van der Waals surface area contributed by atoms with Gasteiger partial charge in [-0.2, -0.15) is 0 Å². The molecule has 27 heavy (non-hydrogen) atoms. The fourth-order valence-electron chi connectivity index (χ4n) is 3.04. The fourth-order valence-corrected chi connectivity index (χ4v) is 3.04. The summed E-state index contributed by atoms with van der Waals surface area (Å²) in [4.78, 5) is 27.2. The molecule has 1 atom stereocenters. The van der Waals surface area contributed by atoms with E-state index in [-0.39, 0.29) is 11.8 Å². The second-order valence-electron chi connectivity index (χ2n) is 6.89. The number of carbonyl (C=O) groups is 2. The van der Waals surface area contributed by atoms with Gasteiger partial charge in [-0.1, -0.05) is 61.5 Å². The normalized spacial score (nSPS) is 11.7. The first-order valence-electron chi connectivity index (χ1n) is 9.68. The zero-order valence-corrected chi connectivity index (χ0v) is 16.6. The summed E-state index contributed by atoms with van der Waals surface area (Å²) in [5.74, 6) is -0.109. The van der Waals surface area contributed by atoms with Gasteiger partial charge in [0, 0.05) is 13.1 Å². The van der Waals surface area contributed by atoms with Crippen LogP contribution in [0.3, 0.4) is 0 Å². The Labute approximate surface area is 162 Å². The van der Waals surface area contributed by atoms with Crippen LogP contribution in [-0.4, -0.2) is 35.8 Å². The maximum atomic E-state index is 13.1. The molecule has 2 amide bonds. The minimum atomic E-state index is -0.489. The van der Waals surface area contributed by atoms with Gasteiger partial charge >= 0.3 is 0 Å². The number of nitrogens with zero attached hydrogens (tertiary/aromatic N) is 1. The van der Waals surface area contributed by atoms with Crippen molar-refractivity contribution in [2.75, 3.05) is 13.1 Å². The zero-order valence-electron chi connectivity index (χ0n) is 16.6. The summed E-state index contributed by atoms with van der Waals surface area (Å²) in [6, 6.07) is 17.5. The van der Waals surface area contributed by atoms with E-state index in [2.05, 4.69) is 5.32 Å². The lowest BCUT2D eigenvalue weighted by atomic mass is 10.0. The predicted octanol–water partition coefficient (Wildman–Crippen LogP) is 3.52. The van der Waals surface area contributed by atoms with Gasteiger partial charge in [0.15, 0.2) is 0 Å². The first-order valence-corrected chi connectivity index (χ1v) is 9.68. The quantitative estimate of drug-likeness (QED) is 0.738. The Kier molecular flexibility index (Phi) is 8.05. The van der Waals surface area contributed by atoms with Crippen molar-refractivity contribution in [3.8, 4) is 0 Å². The Bertz CT molecular complexity index is 743. The second-order valence-corrected chi connectivity index (χ2v) is 6.89. The lowest BCUT2D eigenvalue weighted by molar-refractivity contribution is -0.139. The van der Waals surface area contributed by atoms with Gasteiger partial charge in [-0.15, -0.1) is 0 Å². The molecule has 4 nitrogen and oxygen atoms in total. The Balaban J connectivity index is 2.13. The molecule has 0 saturated heterocycles. The fraction of sp³-hybridized carbons (Fsp3) is 0.391. The third-order valence-electron chi connectivity index (χ3n) is 4.80. The predicted molar refractivity (Wildman–Crippen MR) is 110 cm³/mol. The maximum absolute atomic E-state index is 13.1. The molecule has 0 bridgehead atoms. The number of hydrogen-bond acceptors (Lipinski definition) is 2. The highest BCUT2D eigenvalue weighted by molar-refractivity contribution is 5.88. The van der Waals surface area contributed by atoms with Crippen LogP contribution in [0.2, 0.25) is 0 Å². The molecule has 2 aromatic rings. The van der Waals surface area contributed by atoms with E-state index in [1.54, 1.807) is 4.90 Å². The molecule has 0 unspecified atom stereocenters. The summed E-state index contributed by atoms with van der Waals surface area (Å²) in [7, 11) is 0. The number of carbonyl (C=O) groups excluding carboxylic acids is 2. The SMILES string of the molecule is CCCNC(=O)[C@@H](C)N(CCc1ccccc1)C(=O)Cc1ccccc1C. The molecule has 0 aliphatic heterocycles. The van der Waals surface area contributed by atoms with E-state index in [0.717, 1.165) is 29.5 Å².